The van der Waals surface area contributed by atoms with Crippen LogP contribution >= 0.6 is 11.6 Å². The second-order valence-electron chi connectivity index (χ2n) is 5.53. The first kappa shape index (κ1) is 13.9. The highest BCUT2D eigenvalue weighted by Gasteiger charge is 2.21. The summed E-state index contributed by atoms with van der Waals surface area (Å²) in [5, 5.41) is 4.77. The maximum atomic E-state index is 6.29. The third-order valence-electron chi connectivity index (χ3n) is 3.16. The van der Waals surface area contributed by atoms with Gasteiger partial charge in [0.15, 0.2) is 0 Å². The van der Waals surface area contributed by atoms with Crippen molar-refractivity contribution in [1.29, 1.82) is 0 Å². The lowest BCUT2D eigenvalue weighted by Crippen LogP contribution is -2.15. The molecule has 0 radical (unpaired) electrons. The molecule has 4 heteroatoms. The van der Waals surface area contributed by atoms with Crippen molar-refractivity contribution in [3.63, 3.8) is 0 Å². The average molecular weight is 279 g/mol. The molecule has 0 fully saturated rings. The summed E-state index contributed by atoms with van der Waals surface area (Å²) in [6, 6.07) is 5.78. The number of anilines is 1. The first-order valence-electron chi connectivity index (χ1n) is 6.24. The van der Waals surface area contributed by atoms with Gasteiger partial charge in [-0.1, -0.05) is 32.4 Å². The van der Waals surface area contributed by atoms with Crippen molar-refractivity contribution in [3.8, 4) is 5.75 Å². The molecule has 1 N–H and O–H groups in total. The summed E-state index contributed by atoms with van der Waals surface area (Å²) >= 11 is 6.29. The van der Waals surface area contributed by atoms with E-state index in [0.717, 1.165) is 28.0 Å². The Labute approximate surface area is 118 Å². The molecule has 0 aliphatic rings. The van der Waals surface area contributed by atoms with E-state index in [-0.39, 0.29) is 5.41 Å². The van der Waals surface area contributed by atoms with Gasteiger partial charge < -0.3 is 10.1 Å². The van der Waals surface area contributed by atoms with Gasteiger partial charge in [0.05, 0.1) is 12.1 Å². The van der Waals surface area contributed by atoms with Crippen LogP contribution in [0.2, 0.25) is 5.02 Å². The highest BCUT2D eigenvalue weighted by molar-refractivity contribution is 6.35. The van der Waals surface area contributed by atoms with E-state index < -0.39 is 0 Å². The summed E-state index contributed by atoms with van der Waals surface area (Å²) in [4.78, 5) is 4.67. The highest BCUT2D eigenvalue weighted by Crippen LogP contribution is 2.36. The molecule has 1 aromatic heterocycles. The minimum absolute atomic E-state index is 0.00800. The molecule has 0 bridgehead atoms. The van der Waals surface area contributed by atoms with Crippen LogP contribution in [-0.2, 0) is 5.41 Å². The van der Waals surface area contributed by atoms with E-state index in [9.17, 15) is 0 Å². The zero-order valence-corrected chi connectivity index (χ0v) is 12.7. The second kappa shape index (κ2) is 4.89. The molecular formula is C15H19ClN2O. The minimum atomic E-state index is -0.00800. The fourth-order valence-electron chi connectivity index (χ4n) is 2.13. The van der Waals surface area contributed by atoms with E-state index in [0.29, 0.717) is 5.02 Å². The Morgan fingerprint density at radius 2 is 1.95 bits per heavy atom. The SMILES string of the molecule is CNc1nc2c(OC)ccc(Cl)c2cc1C(C)(C)C. The number of ether oxygens (including phenoxy) is 1. The van der Waals surface area contributed by atoms with Crippen LogP contribution in [0.5, 0.6) is 5.75 Å². The molecule has 0 unspecified atom stereocenters. The zero-order valence-electron chi connectivity index (χ0n) is 12.0. The van der Waals surface area contributed by atoms with Crippen LogP contribution in [0.4, 0.5) is 5.82 Å². The summed E-state index contributed by atoms with van der Waals surface area (Å²) in [6.45, 7) is 6.47. The van der Waals surface area contributed by atoms with Crippen LogP contribution in [0.15, 0.2) is 18.2 Å². The number of nitrogens with one attached hydrogen (secondary N) is 1. The van der Waals surface area contributed by atoms with Crippen molar-refractivity contribution < 1.29 is 4.74 Å². The van der Waals surface area contributed by atoms with E-state index in [4.69, 9.17) is 16.3 Å². The molecule has 2 rings (SSSR count). The molecule has 1 heterocycles. The lowest BCUT2D eigenvalue weighted by molar-refractivity contribution is 0.419. The van der Waals surface area contributed by atoms with Gasteiger partial charge in [-0.15, -0.1) is 0 Å². The molecule has 0 aliphatic carbocycles. The van der Waals surface area contributed by atoms with Crippen LogP contribution in [0.3, 0.4) is 0 Å². The third-order valence-corrected chi connectivity index (χ3v) is 3.49. The molecule has 0 amide bonds. The van der Waals surface area contributed by atoms with Gasteiger partial charge in [-0.25, -0.2) is 4.98 Å². The molecule has 0 aliphatic heterocycles. The predicted molar refractivity (Wildman–Crippen MR) is 81.6 cm³/mol. The fourth-order valence-corrected chi connectivity index (χ4v) is 2.33. The van der Waals surface area contributed by atoms with Gasteiger partial charge in [-0.05, 0) is 23.6 Å². The number of fused-ring (bicyclic) bond motifs is 1. The van der Waals surface area contributed by atoms with Crippen LogP contribution in [0, 0.1) is 0 Å². The summed E-state index contributed by atoms with van der Waals surface area (Å²) in [5.74, 6) is 1.59. The van der Waals surface area contributed by atoms with Gasteiger partial charge in [0.2, 0.25) is 0 Å². The number of nitrogens with zero attached hydrogens (tertiary/aromatic N) is 1. The van der Waals surface area contributed by atoms with Crippen molar-refractivity contribution in [2.45, 2.75) is 26.2 Å². The normalized spacial score (nSPS) is 11.7. The van der Waals surface area contributed by atoms with Gasteiger partial charge in [-0.2, -0.15) is 0 Å². The number of rotatable bonds is 2. The number of pyridine rings is 1. The van der Waals surface area contributed by atoms with Crippen LogP contribution in [0.25, 0.3) is 10.9 Å². The number of halogens is 1. The third kappa shape index (κ3) is 2.47. The average Bonchev–Trinajstić information content (AvgIpc) is 2.37. The summed E-state index contributed by atoms with van der Waals surface area (Å²) < 4.78 is 5.36. The monoisotopic (exact) mass is 278 g/mol. The molecule has 3 nitrogen and oxygen atoms in total. The topological polar surface area (TPSA) is 34.2 Å². The molecule has 0 atom stereocenters. The van der Waals surface area contributed by atoms with Gasteiger partial charge >= 0.3 is 0 Å². The lowest BCUT2D eigenvalue weighted by Gasteiger charge is -2.23. The minimum Gasteiger partial charge on any atom is -0.494 e. The fraction of sp³-hybridized carbons (Fsp3) is 0.400. The van der Waals surface area contributed by atoms with Gasteiger partial charge in [-0.3, -0.25) is 0 Å². The molecule has 0 saturated carbocycles. The zero-order chi connectivity index (χ0) is 14.2. The van der Waals surface area contributed by atoms with E-state index in [2.05, 4.69) is 37.1 Å². The summed E-state index contributed by atoms with van der Waals surface area (Å²) in [5.41, 5.74) is 1.91. The van der Waals surface area contributed by atoms with Gasteiger partial charge in [0.1, 0.15) is 17.1 Å². The Hall–Kier alpha value is -1.48. The van der Waals surface area contributed by atoms with Crippen molar-refractivity contribution in [3.05, 3.63) is 28.8 Å². The number of benzene rings is 1. The molecule has 0 spiro atoms. The standard InChI is InChI=1S/C15H19ClN2O/c1-15(2,3)10-8-9-11(16)6-7-12(19-5)13(9)18-14(10)17-4/h6-8H,1-5H3,(H,17,18). The van der Waals surface area contributed by atoms with Crippen molar-refractivity contribution >= 4 is 28.3 Å². The van der Waals surface area contributed by atoms with Crippen molar-refractivity contribution in [2.75, 3.05) is 19.5 Å². The van der Waals surface area contributed by atoms with Crippen LogP contribution in [0.1, 0.15) is 26.3 Å². The Bertz CT molecular complexity index is 618. The molecule has 1 aromatic carbocycles. The number of aromatic nitrogens is 1. The van der Waals surface area contributed by atoms with E-state index in [1.54, 1.807) is 7.11 Å². The van der Waals surface area contributed by atoms with E-state index in [1.807, 2.05) is 19.2 Å². The maximum absolute atomic E-state index is 6.29. The van der Waals surface area contributed by atoms with E-state index in [1.165, 1.54) is 0 Å². The summed E-state index contributed by atoms with van der Waals surface area (Å²) in [7, 11) is 3.52. The second-order valence-corrected chi connectivity index (χ2v) is 5.94. The maximum Gasteiger partial charge on any atom is 0.145 e. The smallest absolute Gasteiger partial charge is 0.145 e. The largest absolute Gasteiger partial charge is 0.494 e. The number of hydrogen-bond acceptors (Lipinski definition) is 3. The Kier molecular flexibility index (Phi) is 3.59. The lowest BCUT2D eigenvalue weighted by atomic mass is 9.86. The van der Waals surface area contributed by atoms with Crippen LogP contribution in [-0.4, -0.2) is 19.1 Å². The Morgan fingerprint density at radius 1 is 1.26 bits per heavy atom. The van der Waals surface area contributed by atoms with Crippen molar-refractivity contribution in [1.82, 2.24) is 4.98 Å². The summed E-state index contributed by atoms with van der Waals surface area (Å²) in [6.07, 6.45) is 0. The predicted octanol–water partition coefficient (Wildman–Crippen LogP) is 4.24. The van der Waals surface area contributed by atoms with Crippen LogP contribution < -0.4 is 10.1 Å². The molecule has 19 heavy (non-hydrogen) atoms. The number of methoxy groups -OCH3 is 1. The van der Waals surface area contributed by atoms with Gasteiger partial charge in [0, 0.05) is 18.0 Å². The van der Waals surface area contributed by atoms with Crippen molar-refractivity contribution in [2.24, 2.45) is 0 Å². The number of hydrogen-bond donors (Lipinski definition) is 1. The highest BCUT2D eigenvalue weighted by atomic mass is 35.5. The molecular weight excluding hydrogens is 260 g/mol. The Balaban J connectivity index is 2.85. The molecule has 0 saturated heterocycles. The Morgan fingerprint density at radius 3 is 2.47 bits per heavy atom. The first-order valence-corrected chi connectivity index (χ1v) is 6.61. The van der Waals surface area contributed by atoms with E-state index >= 15 is 0 Å². The molecule has 2 aromatic rings. The molecule has 102 valence electrons. The quantitative estimate of drug-likeness (QED) is 0.892. The van der Waals surface area contributed by atoms with Gasteiger partial charge in [0.25, 0.3) is 0 Å². The first-order chi connectivity index (χ1) is 8.88.